The predicted octanol–water partition coefficient (Wildman–Crippen LogP) is 1.48. The van der Waals surface area contributed by atoms with Crippen molar-refractivity contribution in [3.63, 3.8) is 0 Å². The summed E-state index contributed by atoms with van der Waals surface area (Å²) >= 11 is 0. The van der Waals surface area contributed by atoms with Gasteiger partial charge in [-0.05, 0) is 42.0 Å². The molecule has 1 heterocycles. The van der Waals surface area contributed by atoms with Gasteiger partial charge in [0.2, 0.25) is 22.7 Å². The first-order chi connectivity index (χ1) is 12.4. The second kappa shape index (κ2) is 7.63. The van der Waals surface area contributed by atoms with Crippen molar-refractivity contribution in [3.8, 4) is 17.2 Å². The van der Waals surface area contributed by atoms with E-state index in [0.717, 1.165) is 0 Å². The molecule has 2 aromatic carbocycles. The average Bonchev–Trinajstić information content (AvgIpc) is 3.08. The maximum Gasteiger partial charge on any atom is 0.239 e. The molecule has 0 bridgehead atoms. The van der Waals surface area contributed by atoms with Crippen molar-refractivity contribution in [2.75, 3.05) is 25.8 Å². The number of anilines is 1. The molecule has 3 rings (SSSR count). The molecule has 0 fully saturated rings. The highest BCUT2D eigenvalue weighted by Gasteiger charge is 2.18. The SMILES string of the molecule is COc1ccc(NC(=O)CNS(=O)(=O)Cc2ccc3c(c2)OCO3)cc1. The molecule has 1 aliphatic heterocycles. The molecule has 26 heavy (non-hydrogen) atoms. The van der Waals surface area contributed by atoms with Gasteiger partial charge in [-0.3, -0.25) is 4.79 Å². The van der Waals surface area contributed by atoms with Gasteiger partial charge in [0.1, 0.15) is 5.75 Å². The normalized spacial score (nSPS) is 12.7. The lowest BCUT2D eigenvalue weighted by Crippen LogP contribution is -2.33. The number of ether oxygens (including phenoxy) is 3. The van der Waals surface area contributed by atoms with E-state index >= 15 is 0 Å². The van der Waals surface area contributed by atoms with Crippen LogP contribution in [-0.2, 0) is 20.6 Å². The fraction of sp³-hybridized carbons (Fsp3) is 0.235. The molecular weight excluding hydrogens is 360 g/mol. The van der Waals surface area contributed by atoms with Crippen LogP contribution in [0.15, 0.2) is 42.5 Å². The van der Waals surface area contributed by atoms with Gasteiger partial charge in [0.25, 0.3) is 0 Å². The van der Waals surface area contributed by atoms with Crippen LogP contribution in [0.4, 0.5) is 5.69 Å². The van der Waals surface area contributed by atoms with Gasteiger partial charge in [-0.1, -0.05) is 6.07 Å². The number of hydrogen-bond donors (Lipinski definition) is 2. The molecule has 138 valence electrons. The number of nitrogens with one attached hydrogen (secondary N) is 2. The fourth-order valence-electron chi connectivity index (χ4n) is 2.36. The minimum absolute atomic E-state index is 0.120. The zero-order valence-electron chi connectivity index (χ0n) is 14.0. The van der Waals surface area contributed by atoms with E-state index in [0.29, 0.717) is 28.5 Å². The highest BCUT2D eigenvalue weighted by molar-refractivity contribution is 7.88. The van der Waals surface area contributed by atoms with Gasteiger partial charge >= 0.3 is 0 Å². The van der Waals surface area contributed by atoms with Gasteiger partial charge in [0.15, 0.2) is 11.5 Å². The monoisotopic (exact) mass is 378 g/mol. The summed E-state index contributed by atoms with van der Waals surface area (Å²) in [6, 6.07) is 11.6. The Morgan fingerprint density at radius 1 is 1.12 bits per heavy atom. The first-order valence-electron chi connectivity index (χ1n) is 7.75. The number of hydrogen-bond acceptors (Lipinski definition) is 6. The largest absolute Gasteiger partial charge is 0.497 e. The van der Waals surface area contributed by atoms with E-state index in [1.807, 2.05) is 0 Å². The predicted molar refractivity (Wildman–Crippen MR) is 94.8 cm³/mol. The van der Waals surface area contributed by atoms with E-state index in [1.165, 1.54) is 0 Å². The number of benzene rings is 2. The Bertz CT molecular complexity index is 896. The zero-order valence-corrected chi connectivity index (χ0v) is 14.8. The number of carbonyl (C=O) groups is 1. The standard InChI is InChI=1S/C17H18N2O6S/c1-23-14-5-3-13(4-6-14)19-17(20)9-18-26(21,22)10-12-2-7-15-16(8-12)25-11-24-15/h2-8,18H,9-11H2,1H3,(H,19,20). The van der Waals surface area contributed by atoms with Crippen molar-refractivity contribution >= 4 is 21.6 Å². The minimum Gasteiger partial charge on any atom is -0.497 e. The molecule has 1 aliphatic rings. The lowest BCUT2D eigenvalue weighted by molar-refractivity contribution is -0.115. The lowest BCUT2D eigenvalue weighted by atomic mass is 10.2. The van der Waals surface area contributed by atoms with Crippen LogP contribution in [0.3, 0.4) is 0 Å². The fourth-order valence-corrected chi connectivity index (χ4v) is 3.43. The molecule has 1 amide bonds. The lowest BCUT2D eigenvalue weighted by Gasteiger charge is -2.09. The molecule has 9 heteroatoms. The van der Waals surface area contributed by atoms with E-state index in [2.05, 4.69) is 10.0 Å². The molecule has 0 atom stereocenters. The number of carbonyl (C=O) groups excluding carboxylic acids is 1. The Hall–Kier alpha value is -2.78. The van der Waals surface area contributed by atoms with Crippen LogP contribution >= 0.6 is 0 Å². The van der Waals surface area contributed by atoms with Crippen molar-refractivity contribution in [2.45, 2.75) is 5.75 Å². The summed E-state index contributed by atoms with van der Waals surface area (Å²) in [7, 11) is -2.13. The number of sulfonamides is 1. The third kappa shape index (κ3) is 4.64. The zero-order chi connectivity index (χ0) is 18.6. The van der Waals surface area contributed by atoms with Gasteiger partial charge in [-0.2, -0.15) is 0 Å². The Kier molecular flexibility index (Phi) is 5.29. The molecule has 0 saturated carbocycles. The van der Waals surface area contributed by atoms with Crippen molar-refractivity contribution < 1.29 is 27.4 Å². The summed E-state index contributed by atoms with van der Waals surface area (Å²) in [6.07, 6.45) is 0. The van der Waals surface area contributed by atoms with E-state index in [9.17, 15) is 13.2 Å². The second-order valence-corrected chi connectivity index (χ2v) is 7.35. The quantitative estimate of drug-likeness (QED) is 0.757. The second-order valence-electron chi connectivity index (χ2n) is 5.54. The van der Waals surface area contributed by atoms with Gasteiger partial charge in [0, 0.05) is 5.69 Å². The Labute approximate surface area is 151 Å². The van der Waals surface area contributed by atoms with Gasteiger partial charge < -0.3 is 19.5 Å². The maximum absolute atomic E-state index is 12.2. The van der Waals surface area contributed by atoms with E-state index in [-0.39, 0.29) is 19.1 Å². The minimum atomic E-state index is -3.68. The van der Waals surface area contributed by atoms with Crippen LogP contribution < -0.4 is 24.2 Å². The van der Waals surface area contributed by atoms with Crippen LogP contribution in [-0.4, -0.2) is 34.8 Å². The smallest absolute Gasteiger partial charge is 0.239 e. The van der Waals surface area contributed by atoms with Crippen molar-refractivity contribution in [1.82, 2.24) is 4.72 Å². The molecule has 0 radical (unpaired) electrons. The topological polar surface area (TPSA) is 103 Å². The number of rotatable bonds is 7. The van der Waals surface area contributed by atoms with Crippen LogP contribution in [0.25, 0.3) is 0 Å². The number of amides is 1. The molecular formula is C17H18N2O6S. The Morgan fingerprint density at radius 2 is 1.85 bits per heavy atom. The van der Waals surface area contributed by atoms with Crippen molar-refractivity contribution in [3.05, 3.63) is 48.0 Å². The van der Waals surface area contributed by atoms with Crippen molar-refractivity contribution in [1.29, 1.82) is 0 Å². The van der Waals surface area contributed by atoms with Gasteiger partial charge in [-0.25, -0.2) is 13.1 Å². The summed E-state index contributed by atoms with van der Waals surface area (Å²) in [4.78, 5) is 11.9. The summed E-state index contributed by atoms with van der Waals surface area (Å²) in [6.45, 7) is -0.242. The maximum atomic E-state index is 12.2. The summed E-state index contributed by atoms with van der Waals surface area (Å²) in [5, 5.41) is 2.61. The molecule has 0 spiro atoms. The third-order valence-corrected chi connectivity index (χ3v) is 4.92. The van der Waals surface area contributed by atoms with E-state index < -0.39 is 15.9 Å². The van der Waals surface area contributed by atoms with Crippen molar-refractivity contribution in [2.24, 2.45) is 0 Å². The highest BCUT2D eigenvalue weighted by Crippen LogP contribution is 2.32. The molecule has 0 aromatic heterocycles. The number of fused-ring (bicyclic) bond motifs is 1. The molecule has 8 nitrogen and oxygen atoms in total. The third-order valence-electron chi connectivity index (χ3n) is 3.62. The van der Waals surface area contributed by atoms with E-state index in [4.69, 9.17) is 14.2 Å². The van der Waals surface area contributed by atoms with Crippen LogP contribution in [0.5, 0.6) is 17.2 Å². The van der Waals surface area contributed by atoms with E-state index in [1.54, 1.807) is 49.6 Å². The summed E-state index contributed by atoms with van der Waals surface area (Å²) in [5.74, 6) is 1.02. The van der Waals surface area contributed by atoms with Crippen LogP contribution in [0.2, 0.25) is 0 Å². The molecule has 0 aliphatic carbocycles. The number of methoxy groups -OCH3 is 1. The Balaban J connectivity index is 1.53. The Morgan fingerprint density at radius 3 is 2.58 bits per heavy atom. The molecule has 2 N–H and O–H groups in total. The summed E-state index contributed by atoms with van der Waals surface area (Å²) < 4.78 is 42.0. The van der Waals surface area contributed by atoms with Crippen LogP contribution in [0, 0.1) is 0 Å². The van der Waals surface area contributed by atoms with Crippen LogP contribution in [0.1, 0.15) is 5.56 Å². The first-order valence-corrected chi connectivity index (χ1v) is 9.40. The molecule has 2 aromatic rings. The molecule has 0 saturated heterocycles. The first kappa shape index (κ1) is 18.0. The average molecular weight is 378 g/mol. The molecule has 0 unspecified atom stereocenters. The summed E-state index contributed by atoms with van der Waals surface area (Å²) in [5.41, 5.74) is 1.09. The van der Waals surface area contributed by atoms with Gasteiger partial charge in [-0.15, -0.1) is 0 Å². The van der Waals surface area contributed by atoms with Gasteiger partial charge in [0.05, 0.1) is 19.4 Å². The highest BCUT2D eigenvalue weighted by atomic mass is 32.2.